The molecule has 0 amide bonds. The van der Waals surface area contributed by atoms with Crippen molar-refractivity contribution in [3.05, 3.63) is 54.6 Å². The molecule has 0 fully saturated rings. The van der Waals surface area contributed by atoms with Crippen molar-refractivity contribution in [2.75, 3.05) is 0 Å². The summed E-state index contributed by atoms with van der Waals surface area (Å²) in [7, 11) is 0. The largest absolute Gasteiger partial charge is 0.465 e. The van der Waals surface area contributed by atoms with Crippen LogP contribution in [-0.4, -0.2) is 9.97 Å². The molecule has 0 N–H and O–H groups in total. The van der Waals surface area contributed by atoms with Crippen LogP contribution in [-0.2, 0) is 6.42 Å². The highest BCUT2D eigenvalue weighted by atomic mass is 16.5. The molecule has 0 aliphatic heterocycles. The van der Waals surface area contributed by atoms with Gasteiger partial charge < -0.3 is 4.74 Å². The van der Waals surface area contributed by atoms with Crippen LogP contribution < -0.4 is 4.74 Å². The molecule has 0 aliphatic rings. The monoisotopic (exact) mass is 394 g/mol. The summed E-state index contributed by atoms with van der Waals surface area (Å²) >= 11 is 0. The normalized spacial score (nSPS) is 12.4. The number of hydrogen-bond acceptors (Lipinski definition) is 3. The predicted octanol–water partition coefficient (Wildman–Crippen LogP) is 7.77. The molecule has 2 aromatic rings. The van der Waals surface area contributed by atoms with Crippen molar-refractivity contribution in [2.24, 2.45) is 5.92 Å². The molecule has 2 rings (SSSR count). The number of aryl methyl sites for hydroxylation is 1. The third-order valence-corrected chi connectivity index (χ3v) is 5.45. The Morgan fingerprint density at radius 3 is 2.38 bits per heavy atom. The number of unbranched alkanes of at least 4 members (excludes halogenated alkanes) is 5. The first-order valence-electron chi connectivity index (χ1n) is 11.5. The predicted molar refractivity (Wildman–Crippen MR) is 123 cm³/mol. The fraction of sp³-hybridized carbons (Fsp3) is 0.538. The molecule has 1 atom stereocenters. The van der Waals surface area contributed by atoms with Gasteiger partial charge in [0.15, 0.2) is 5.82 Å². The van der Waals surface area contributed by atoms with E-state index in [0.717, 1.165) is 35.9 Å². The zero-order valence-electron chi connectivity index (χ0n) is 18.6. The average Bonchev–Trinajstić information content (AvgIpc) is 2.77. The van der Waals surface area contributed by atoms with E-state index in [0.29, 0.717) is 0 Å². The molecule has 0 aliphatic carbocycles. The number of nitrogens with zero attached hydrogens (tertiary/aromatic N) is 2. The second-order valence-electron chi connectivity index (χ2n) is 8.04. The Morgan fingerprint density at radius 1 is 0.931 bits per heavy atom. The van der Waals surface area contributed by atoms with Gasteiger partial charge in [-0.1, -0.05) is 59.3 Å². The van der Waals surface area contributed by atoms with Crippen LogP contribution in [0.15, 0.2) is 49.0 Å². The summed E-state index contributed by atoms with van der Waals surface area (Å²) in [6.45, 7) is 6.83. The Labute approximate surface area is 177 Å². The maximum absolute atomic E-state index is 5.68. The lowest BCUT2D eigenvalue weighted by Crippen LogP contribution is -1.95. The van der Waals surface area contributed by atoms with Gasteiger partial charge in [0.2, 0.25) is 0 Å². The topological polar surface area (TPSA) is 35.0 Å². The molecule has 158 valence electrons. The van der Waals surface area contributed by atoms with Crippen molar-refractivity contribution in [2.45, 2.75) is 85.0 Å². The van der Waals surface area contributed by atoms with Crippen LogP contribution in [0.25, 0.3) is 11.4 Å². The van der Waals surface area contributed by atoms with Crippen molar-refractivity contribution in [1.82, 2.24) is 9.97 Å². The van der Waals surface area contributed by atoms with Gasteiger partial charge in [-0.15, -0.1) is 0 Å². The van der Waals surface area contributed by atoms with Crippen molar-refractivity contribution in [3.8, 4) is 17.1 Å². The van der Waals surface area contributed by atoms with Crippen LogP contribution in [0.1, 0.15) is 84.1 Å². The van der Waals surface area contributed by atoms with E-state index in [-0.39, 0.29) is 0 Å². The van der Waals surface area contributed by atoms with Crippen LogP contribution >= 0.6 is 0 Å². The maximum atomic E-state index is 5.68. The fourth-order valence-electron chi connectivity index (χ4n) is 3.23. The van der Waals surface area contributed by atoms with E-state index in [9.17, 15) is 0 Å². The molecule has 0 spiro atoms. The third-order valence-electron chi connectivity index (χ3n) is 5.45. The Bertz CT molecular complexity index is 692. The van der Waals surface area contributed by atoms with Gasteiger partial charge in [-0.25, -0.2) is 9.97 Å². The highest BCUT2D eigenvalue weighted by molar-refractivity contribution is 5.55. The van der Waals surface area contributed by atoms with E-state index < -0.39 is 0 Å². The van der Waals surface area contributed by atoms with Gasteiger partial charge in [-0.2, -0.15) is 0 Å². The summed E-state index contributed by atoms with van der Waals surface area (Å²) in [6.07, 6.45) is 20.2. The summed E-state index contributed by atoms with van der Waals surface area (Å²) in [6, 6.07) is 7.99. The van der Waals surface area contributed by atoms with Crippen LogP contribution in [0.5, 0.6) is 5.75 Å². The van der Waals surface area contributed by atoms with Crippen LogP contribution in [0.4, 0.5) is 0 Å². The zero-order valence-corrected chi connectivity index (χ0v) is 18.6. The van der Waals surface area contributed by atoms with Crippen molar-refractivity contribution >= 4 is 0 Å². The minimum absolute atomic E-state index is 0.770. The first kappa shape index (κ1) is 23.1. The lowest BCUT2D eigenvalue weighted by molar-refractivity contribution is 0.477. The minimum atomic E-state index is 0.770. The molecule has 0 saturated heterocycles. The summed E-state index contributed by atoms with van der Waals surface area (Å²) in [5.74, 6) is 2.45. The number of allylic oxidation sites excluding steroid dienone is 1. The number of aromatic nitrogens is 2. The van der Waals surface area contributed by atoms with Gasteiger partial charge in [-0.3, -0.25) is 0 Å². The summed E-state index contributed by atoms with van der Waals surface area (Å²) in [5, 5.41) is 0. The molecule has 3 heteroatoms. The summed E-state index contributed by atoms with van der Waals surface area (Å²) < 4.78 is 5.68. The van der Waals surface area contributed by atoms with Gasteiger partial charge in [0.1, 0.15) is 5.75 Å². The van der Waals surface area contributed by atoms with Gasteiger partial charge in [0.25, 0.3) is 0 Å². The zero-order chi connectivity index (χ0) is 20.7. The first-order valence-corrected chi connectivity index (χ1v) is 11.5. The van der Waals surface area contributed by atoms with Gasteiger partial charge in [0, 0.05) is 18.0 Å². The molecule has 0 radical (unpaired) electrons. The smallest absolute Gasteiger partial charge is 0.159 e. The lowest BCUT2D eigenvalue weighted by Gasteiger charge is -2.07. The number of rotatable bonds is 14. The molecular formula is C26H38N2O. The molecule has 1 aromatic heterocycles. The first-order chi connectivity index (χ1) is 14.2. The summed E-state index contributed by atoms with van der Waals surface area (Å²) in [5.41, 5.74) is 2.24. The van der Waals surface area contributed by atoms with Crippen molar-refractivity contribution in [3.63, 3.8) is 0 Å². The second-order valence-corrected chi connectivity index (χ2v) is 8.04. The Balaban J connectivity index is 1.75. The van der Waals surface area contributed by atoms with Crippen LogP contribution in [0.2, 0.25) is 0 Å². The SMILES string of the molecule is CCCCCC/C=C/Oc1ccc(-c2ncc(CCCC[C@@H](C)CC)cn2)cc1. The maximum Gasteiger partial charge on any atom is 0.159 e. The van der Waals surface area contributed by atoms with Crippen molar-refractivity contribution in [1.29, 1.82) is 0 Å². The van der Waals surface area contributed by atoms with E-state index in [1.165, 1.54) is 56.9 Å². The van der Waals surface area contributed by atoms with E-state index in [2.05, 4.69) is 36.8 Å². The minimum Gasteiger partial charge on any atom is -0.465 e. The quantitative estimate of drug-likeness (QED) is 0.242. The van der Waals surface area contributed by atoms with Crippen molar-refractivity contribution < 1.29 is 4.74 Å². The number of benzene rings is 1. The fourth-order valence-corrected chi connectivity index (χ4v) is 3.23. The Morgan fingerprint density at radius 2 is 1.69 bits per heavy atom. The van der Waals surface area contributed by atoms with E-state index in [1.807, 2.05) is 36.7 Å². The molecule has 3 nitrogen and oxygen atoms in total. The third kappa shape index (κ3) is 9.25. The highest BCUT2D eigenvalue weighted by Gasteiger charge is 2.03. The van der Waals surface area contributed by atoms with Gasteiger partial charge >= 0.3 is 0 Å². The Hall–Kier alpha value is -2.16. The van der Waals surface area contributed by atoms with E-state index in [1.54, 1.807) is 6.26 Å². The van der Waals surface area contributed by atoms with Crippen LogP contribution in [0.3, 0.4) is 0 Å². The molecule has 29 heavy (non-hydrogen) atoms. The number of hydrogen-bond donors (Lipinski definition) is 0. The molecule has 0 unspecified atom stereocenters. The lowest BCUT2D eigenvalue weighted by atomic mass is 10.00. The molecular weight excluding hydrogens is 356 g/mol. The highest BCUT2D eigenvalue weighted by Crippen LogP contribution is 2.20. The van der Waals surface area contributed by atoms with Crippen LogP contribution in [0, 0.1) is 5.92 Å². The van der Waals surface area contributed by atoms with E-state index >= 15 is 0 Å². The second kappa shape index (κ2) is 13.9. The number of ether oxygens (including phenoxy) is 1. The molecule has 1 heterocycles. The summed E-state index contributed by atoms with van der Waals surface area (Å²) in [4.78, 5) is 9.11. The van der Waals surface area contributed by atoms with E-state index in [4.69, 9.17) is 4.74 Å². The Kier molecular flexibility index (Phi) is 11.1. The van der Waals surface area contributed by atoms with Gasteiger partial charge in [-0.05, 0) is 67.5 Å². The molecule has 1 aromatic carbocycles. The standard InChI is InChI=1S/C26H38N2O/c1-4-6-7-8-9-12-19-29-25-17-15-24(16-18-25)26-27-20-23(21-28-26)14-11-10-13-22(3)5-2/h12,15-22H,4-11,13-14H2,1-3H3/b19-12+/t22-/m0/s1. The average molecular weight is 395 g/mol. The van der Waals surface area contributed by atoms with Gasteiger partial charge in [0.05, 0.1) is 6.26 Å². The molecule has 0 saturated carbocycles. The molecule has 0 bridgehead atoms.